The molecule has 2 fully saturated rings. The van der Waals surface area contributed by atoms with Crippen LogP contribution in [0.15, 0.2) is 23.9 Å². The fraction of sp³-hybridized carbons (Fsp3) is 0.389. The Morgan fingerprint density at radius 2 is 2.00 bits per heavy atom. The number of nitrogens with one attached hydrogen (secondary N) is 1. The average molecular weight is 361 g/mol. The van der Waals surface area contributed by atoms with Crippen LogP contribution in [0.25, 0.3) is 6.08 Å². The fourth-order valence-corrected chi connectivity index (χ4v) is 3.05. The van der Waals surface area contributed by atoms with Gasteiger partial charge in [0.05, 0.1) is 7.11 Å². The molecule has 8 heteroatoms. The third kappa shape index (κ3) is 3.68. The number of carbonyl (C=O) groups excluding carboxylic acids is 3. The van der Waals surface area contributed by atoms with Crippen molar-refractivity contribution < 1.29 is 23.5 Å². The monoisotopic (exact) mass is 361 g/mol. The van der Waals surface area contributed by atoms with Crippen LogP contribution in [0, 0.1) is 5.82 Å². The van der Waals surface area contributed by atoms with E-state index in [1.54, 1.807) is 12.1 Å². The van der Waals surface area contributed by atoms with Crippen molar-refractivity contribution in [3.63, 3.8) is 0 Å². The standard InChI is InChI=1S/C18H20FN3O4/c1-26-16(23)11-22-17(24)15(20-18(22)25)9-12-5-6-13(10-14(12)19)21-7-3-2-4-8-21/h5-6,9-10H,2-4,7-8,11H2,1H3,(H,20,25). The number of carbonyl (C=O) groups is 3. The van der Waals surface area contributed by atoms with Crippen molar-refractivity contribution in [3.8, 4) is 0 Å². The largest absolute Gasteiger partial charge is 0.468 e. The van der Waals surface area contributed by atoms with Crippen LogP contribution < -0.4 is 10.2 Å². The van der Waals surface area contributed by atoms with Gasteiger partial charge in [-0.2, -0.15) is 0 Å². The van der Waals surface area contributed by atoms with Crippen LogP contribution in [-0.4, -0.2) is 49.6 Å². The molecule has 0 unspecified atom stereocenters. The molecule has 1 N–H and O–H groups in total. The van der Waals surface area contributed by atoms with E-state index in [0.717, 1.165) is 43.6 Å². The quantitative estimate of drug-likeness (QED) is 0.503. The van der Waals surface area contributed by atoms with Crippen LogP contribution >= 0.6 is 0 Å². The first kappa shape index (κ1) is 17.9. The van der Waals surface area contributed by atoms with Gasteiger partial charge >= 0.3 is 12.0 Å². The van der Waals surface area contributed by atoms with Gasteiger partial charge in [-0.15, -0.1) is 0 Å². The molecule has 26 heavy (non-hydrogen) atoms. The van der Waals surface area contributed by atoms with Crippen molar-refractivity contribution in [2.45, 2.75) is 19.3 Å². The number of esters is 1. The van der Waals surface area contributed by atoms with Gasteiger partial charge in [-0.1, -0.05) is 0 Å². The summed E-state index contributed by atoms with van der Waals surface area (Å²) in [6, 6.07) is 4.07. The lowest BCUT2D eigenvalue weighted by molar-refractivity contribution is -0.143. The lowest BCUT2D eigenvalue weighted by Crippen LogP contribution is -2.36. The van der Waals surface area contributed by atoms with Gasteiger partial charge in [0.1, 0.15) is 18.1 Å². The number of methoxy groups -OCH3 is 1. The van der Waals surface area contributed by atoms with Crippen molar-refractivity contribution in [3.05, 3.63) is 35.3 Å². The Kier molecular flexibility index (Phi) is 5.20. The molecule has 7 nitrogen and oxygen atoms in total. The van der Waals surface area contributed by atoms with Gasteiger partial charge in [0.25, 0.3) is 5.91 Å². The highest BCUT2D eigenvalue weighted by molar-refractivity contribution is 6.15. The summed E-state index contributed by atoms with van der Waals surface area (Å²) in [5.41, 5.74) is 0.913. The number of nitrogens with zero attached hydrogens (tertiary/aromatic N) is 2. The van der Waals surface area contributed by atoms with Crippen LogP contribution in [0.1, 0.15) is 24.8 Å². The predicted molar refractivity (Wildman–Crippen MR) is 92.7 cm³/mol. The molecular weight excluding hydrogens is 341 g/mol. The number of benzene rings is 1. The first-order valence-electron chi connectivity index (χ1n) is 8.45. The summed E-state index contributed by atoms with van der Waals surface area (Å²) in [5, 5.41) is 2.35. The molecule has 0 radical (unpaired) electrons. The Bertz CT molecular complexity index is 772. The Morgan fingerprint density at radius 1 is 1.27 bits per heavy atom. The first-order chi connectivity index (χ1) is 12.5. The van der Waals surface area contributed by atoms with Crippen molar-refractivity contribution >= 4 is 29.7 Å². The van der Waals surface area contributed by atoms with Crippen molar-refractivity contribution in [1.82, 2.24) is 10.2 Å². The second-order valence-corrected chi connectivity index (χ2v) is 6.21. The molecular formula is C18H20FN3O4. The molecule has 1 aromatic carbocycles. The van der Waals surface area contributed by atoms with Crippen molar-refractivity contribution in [1.29, 1.82) is 0 Å². The predicted octanol–water partition coefficient (Wildman–Crippen LogP) is 1.88. The SMILES string of the molecule is COC(=O)CN1C(=O)NC(=Cc2ccc(N3CCCCC3)cc2F)C1=O. The van der Waals surface area contributed by atoms with E-state index in [9.17, 15) is 18.8 Å². The van der Waals surface area contributed by atoms with Gasteiger partial charge in [0.2, 0.25) is 0 Å². The van der Waals surface area contributed by atoms with Gasteiger partial charge in [0, 0.05) is 24.3 Å². The third-order valence-electron chi connectivity index (χ3n) is 4.48. The van der Waals surface area contributed by atoms with Crippen LogP contribution in [0.2, 0.25) is 0 Å². The maximum absolute atomic E-state index is 14.5. The number of anilines is 1. The fourth-order valence-electron chi connectivity index (χ4n) is 3.05. The van der Waals surface area contributed by atoms with E-state index in [-0.39, 0.29) is 11.3 Å². The van der Waals surface area contributed by atoms with E-state index < -0.39 is 30.3 Å². The number of hydrogen-bond donors (Lipinski definition) is 1. The summed E-state index contributed by atoms with van der Waals surface area (Å²) in [7, 11) is 1.16. The molecule has 3 amide bonds. The summed E-state index contributed by atoms with van der Waals surface area (Å²) >= 11 is 0. The molecule has 1 aromatic rings. The normalized spacial score (nSPS) is 19.1. The number of halogens is 1. The minimum atomic E-state index is -0.739. The zero-order valence-electron chi connectivity index (χ0n) is 14.5. The summed E-state index contributed by atoms with van der Waals surface area (Å²) in [6.07, 6.45) is 4.63. The van der Waals surface area contributed by atoms with Gasteiger partial charge in [-0.3, -0.25) is 9.59 Å². The number of amides is 3. The zero-order chi connectivity index (χ0) is 18.7. The van der Waals surface area contributed by atoms with E-state index in [1.807, 2.05) is 0 Å². The first-order valence-corrected chi connectivity index (χ1v) is 8.45. The zero-order valence-corrected chi connectivity index (χ0v) is 14.5. The maximum atomic E-state index is 14.5. The summed E-state index contributed by atoms with van der Waals surface area (Å²) < 4.78 is 18.9. The molecule has 0 aliphatic carbocycles. The highest BCUT2D eigenvalue weighted by Gasteiger charge is 2.35. The smallest absolute Gasteiger partial charge is 0.329 e. The van der Waals surface area contributed by atoms with Crippen LogP contribution in [0.3, 0.4) is 0 Å². The Hall–Kier alpha value is -2.90. The van der Waals surface area contributed by atoms with Gasteiger partial charge in [-0.05, 0) is 43.5 Å². The molecule has 0 bridgehead atoms. The van der Waals surface area contributed by atoms with E-state index in [2.05, 4.69) is 15.0 Å². The molecule has 2 heterocycles. The minimum Gasteiger partial charge on any atom is -0.468 e. The Labute approximate surface area is 150 Å². The van der Waals surface area contributed by atoms with E-state index in [4.69, 9.17) is 0 Å². The van der Waals surface area contributed by atoms with Crippen LogP contribution in [-0.2, 0) is 14.3 Å². The Morgan fingerprint density at radius 3 is 2.65 bits per heavy atom. The average Bonchev–Trinajstić information content (AvgIpc) is 2.91. The van der Waals surface area contributed by atoms with Crippen molar-refractivity contribution in [2.24, 2.45) is 0 Å². The molecule has 0 saturated carbocycles. The number of urea groups is 1. The number of rotatable bonds is 4. The molecule has 2 aliphatic rings. The maximum Gasteiger partial charge on any atom is 0.329 e. The van der Waals surface area contributed by atoms with Gasteiger partial charge in [-0.25, -0.2) is 14.1 Å². The van der Waals surface area contributed by atoms with Crippen LogP contribution in [0.5, 0.6) is 0 Å². The lowest BCUT2D eigenvalue weighted by Gasteiger charge is -2.28. The Balaban J connectivity index is 1.78. The van der Waals surface area contributed by atoms with E-state index >= 15 is 0 Å². The minimum absolute atomic E-state index is 0.0801. The lowest BCUT2D eigenvalue weighted by atomic mass is 10.1. The van der Waals surface area contributed by atoms with Crippen molar-refractivity contribution in [2.75, 3.05) is 31.6 Å². The topological polar surface area (TPSA) is 79.0 Å². The molecule has 0 spiro atoms. The molecule has 138 valence electrons. The summed E-state index contributed by atoms with van der Waals surface area (Å²) in [4.78, 5) is 38.2. The highest BCUT2D eigenvalue weighted by atomic mass is 19.1. The molecule has 2 saturated heterocycles. The molecule has 0 atom stereocenters. The van der Waals surface area contributed by atoms with Gasteiger partial charge in [0.15, 0.2) is 0 Å². The summed E-state index contributed by atoms with van der Waals surface area (Å²) in [5.74, 6) is -1.89. The van der Waals surface area contributed by atoms with E-state index in [0.29, 0.717) is 0 Å². The summed E-state index contributed by atoms with van der Waals surface area (Å²) in [6.45, 7) is 1.31. The number of piperidine rings is 1. The number of ether oxygens (including phenoxy) is 1. The van der Waals surface area contributed by atoms with E-state index in [1.165, 1.54) is 18.6 Å². The number of hydrogen-bond acceptors (Lipinski definition) is 5. The highest BCUT2D eigenvalue weighted by Crippen LogP contribution is 2.24. The second kappa shape index (κ2) is 7.55. The molecule has 3 rings (SSSR count). The van der Waals surface area contributed by atoms with Gasteiger partial charge < -0.3 is 15.0 Å². The number of imide groups is 1. The third-order valence-corrected chi connectivity index (χ3v) is 4.48. The molecule has 0 aromatic heterocycles. The molecule has 2 aliphatic heterocycles. The second-order valence-electron chi connectivity index (χ2n) is 6.21. The van der Waals surface area contributed by atoms with Crippen LogP contribution in [0.4, 0.5) is 14.9 Å².